The topological polar surface area (TPSA) is 72.1 Å². The van der Waals surface area contributed by atoms with Crippen LogP contribution in [0.4, 0.5) is 4.79 Å². The maximum Gasteiger partial charge on any atom is 0.495 e. The van der Waals surface area contributed by atoms with E-state index < -0.39 is 18.3 Å². The predicted octanol–water partition coefficient (Wildman–Crippen LogP) is 7.13. The Morgan fingerprint density at radius 3 is 2.03 bits per heavy atom. The highest BCUT2D eigenvalue weighted by atomic mass is 16.7. The van der Waals surface area contributed by atoms with Gasteiger partial charge in [-0.25, -0.2) is 10.2 Å². The Hall–Kier alpha value is -2.03. The number of nitrogens with one attached hydrogen (secondary N) is 2. The second-order valence-corrected chi connectivity index (χ2v) is 10.4. The van der Waals surface area contributed by atoms with Crippen molar-refractivity contribution in [2.75, 3.05) is 27.2 Å². The highest BCUT2D eigenvalue weighted by Gasteiger charge is 2.52. The van der Waals surface area contributed by atoms with E-state index in [1.54, 1.807) is 11.9 Å². The van der Waals surface area contributed by atoms with Gasteiger partial charge in [-0.05, 0) is 77.4 Å². The van der Waals surface area contributed by atoms with Gasteiger partial charge in [0.1, 0.15) is 6.61 Å². The van der Waals surface area contributed by atoms with Gasteiger partial charge in [-0.3, -0.25) is 0 Å². The summed E-state index contributed by atoms with van der Waals surface area (Å²) >= 11 is 0. The molecule has 0 bridgehead atoms. The number of rotatable bonds is 13. The SMILES string of the molecule is CC.CC/C=C(C)/C(=C\C=C(C)\C(NNC)=C(\CCC)COC(=O)N(C)CCC)B1OC(C)(C)C(C)(C)O1. The van der Waals surface area contributed by atoms with Crippen molar-refractivity contribution in [2.24, 2.45) is 0 Å². The molecular formula is C30H56BN3O4. The van der Waals surface area contributed by atoms with Crippen molar-refractivity contribution in [1.82, 2.24) is 15.8 Å². The number of carbonyl (C=O) groups excluding carboxylic acids is 1. The van der Waals surface area contributed by atoms with E-state index in [1.807, 2.05) is 27.8 Å². The number of allylic oxidation sites excluding steroid dienone is 6. The number of carbonyl (C=O) groups is 1. The molecule has 1 amide bonds. The third-order valence-electron chi connectivity index (χ3n) is 6.78. The van der Waals surface area contributed by atoms with E-state index in [4.69, 9.17) is 14.0 Å². The average molecular weight is 534 g/mol. The molecule has 1 aliphatic rings. The molecule has 0 aromatic heterocycles. The van der Waals surface area contributed by atoms with Gasteiger partial charge in [-0.1, -0.05) is 64.8 Å². The molecule has 0 aromatic rings. The van der Waals surface area contributed by atoms with E-state index in [2.05, 4.69) is 84.5 Å². The standard InChI is InChI=1S/C28H50BN3O4.C2H6/c1-12-15-21(4)24(29-35-27(6,7)28(8,9)36-29)18-17-22(5)25(31-30-10)23(16-13-2)20-34-26(33)32(11)19-14-3;1-2/h15,17-18,30-31H,12-14,16,19-20H2,1-11H3;1-2H3/b21-15+,22-17+,24-18+,25-23+;. The van der Waals surface area contributed by atoms with E-state index >= 15 is 0 Å². The first kappa shape index (κ1) is 36.0. The number of ether oxygens (including phenoxy) is 1. The maximum atomic E-state index is 12.4. The number of hydrogen-bond donors (Lipinski definition) is 2. The van der Waals surface area contributed by atoms with Gasteiger partial charge in [-0.2, -0.15) is 0 Å². The third-order valence-corrected chi connectivity index (χ3v) is 6.78. The zero-order valence-corrected chi connectivity index (χ0v) is 26.6. The molecule has 0 radical (unpaired) electrons. The fourth-order valence-electron chi connectivity index (χ4n) is 3.94. The summed E-state index contributed by atoms with van der Waals surface area (Å²) in [7, 11) is 3.15. The molecule has 1 aliphatic heterocycles. The van der Waals surface area contributed by atoms with Crippen LogP contribution in [-0.2, 0) is 14.0 Å². The van der Waals surface area contributed by atoms with E-state index in [1.165, 1.54) is 0 Å². The largest absolute Gasteiger partial charge is 0.495 e. The van der Waals surface area contributed by atoms with Crippen molar-refractivity contribution in [2.45, 2.75) is 113 Å². The quantitative estimate of drug-likeness (QED) is 0.149. The first-order valence-electron chi connectivity index (χ1n) is 14.3. The van der Waals surface area contributed by atoms with Crippen LogP contribution in [0.1, 0.15) is 102 Å². The minimum atomic E-state index is -0.447. The molecule has 1 rings (SSSR count). The first-order valence-corrected chi connectivity index (χ1v) is 14.3. The van der Waals surface area contributed by atoms with E-state index in [0.717, 1.165) is 53.6 Å². The van der Waals surface area contributed by atoms with Crippen molar-refractivity contribution in [3.8, 4) is 0 Å². The number of amides is 1. The molecule has 1 heterocycles. The van der Waals surface area contributed by atoms with E-state index in [0.29, 0.717) is 6.54 Å². The van der Waals surface area contributed by atoms with Crippen LogP contribution in [0, 0.1) is 0 Å². The Bertz CT molecular complexity index is 844. The maximum absolute atomic E-state index is 12.4. The van der Waals surface area contributed by atoms with Crippen molar-refractivity contribution in [1.29, 1.82) is 0 Å². The van der Waals surface area contributed by atoms with Crippen LogP contribution in [0.25, 0.3) is 0 Å². The fraction of sp³-hybridized carbons (Fsp3) is 0.700. The molecule has 0 aromatic carbocycles. The molecule has 2 N–H and O–H groups in total. The Kier molecular flexibility index (Phi) is 16.6. The van der Waals surface area contributed by atoms with Crippen LogP contribution >= 0.6 is 0 Å². The van der Waals surface area contributed by atoms with Crippen molar-refractivity contribution in [3.05, 3.63) is 46.1 Å². The second-order valence-electron chi connectivity index (χ2n) is 10.4. The second kappa shape index (κ2) is 17.5. The molecule has 0 spiro atoms. The van der Waals surface area contributed by atoms with Gasteiger partial charge >= 0.3 is 13.2 Å². The normalized spacial score (nSPS) is 17.9. The van der Waals surface area contributed by atoms with Crippen molar-refractivity contribution >= 4 is 13.2 Å². The lowest BCUT2D eigenvalue weighted by Crippen LogP contribution is -2.41. The highest BCUT2D eigenvalue weighted by Crippen LogP contribution is 2.39. The molecule has 38 heavy (non-hydrogen) atoms. The summed E-state index contributed by atoms with van der Waals surface area (Å²) in [5, 5.41) is 0. The Morgan fingerprint density at radius 2 is 1.55 bits per heavy atom. The first-order chi connectivity index (χ1) is 17.8. The van der Waals surface area contributed by atoms with Gasteiger partial charge in [0.25, 0.3) is 0 Å². The van der Waals surface area contributed by atoms with Crippen molar-refractivity contribution in [3.63, 3.8) is 0 Å². The molecule has 7 nitrogen and oxygen atoms in total. The molecule has 1 fully saturated rings. The summed E-state index contributed by atoms with van der Waals surface area (Å²) in [4.78, 5) is 14.0. The monoisotopic (exact) mass is 533 g/mol. The molecule has 0 aliphatic carbocycles. The summed E-state index contributed by atoms with van der Waals surface area (Å²) in [6, 6.07) is 0. The molecular weight excluding hydrogens is 477 g/mol. The summed E-state index contributed by atoms with van der Waals surface area (Å²) in [5.41, 5.74) is 10.6. The van der Waals surface area contributed by atoms with Crippen molar-refractivity contribution < 1.29 is 18.8 Å². The van der Waals surface area contributed by atoms with Gasteiger partial charge in [0.05, 0.1) is 16.9 Å². The number of hydrogen-bond acceptors (Lipinski definition) is 6. The lowest BCUT2D eigenvalue weighted by Gasteiger charge is -2.32. The minimum absolute atomic E-state index is 0.235. The number of hydrazine groups is 1. The Morgan fingerprint density at radius 1 is 0.974 bits per heavy atom. The fourth-order valence-corrected chi connectivity index (χ4v) is 3.94. The molecule has 0 unspecified atom stereocenters. The summed E-state index contributed by atoms with van der Waals surface area (Å²) in [6.07, 6.45) is 9.61. The zero-order chi connectivity index (χ0) is 29.5. The van der Waals surface area contributed by atoms with Gasteiger partial charge in [0.15, 0.2) is 0 Å². The van der Waals surface area contributed by atoms with Crippen LogP contribution in [0.3, 0.4) is 0 Å². The Balaban J connectivity index is 0.00000667. The molecule has 0 atom stereocenters. The van der Waals surface area contributed by atoms with Crippen LogP contribution in [0.5, 0.6) is 0 Å². The van der Waals surface area contributed by atoms with Crippen LogP contribution in [0.15, 0.2) is 46.1 Å². The molecule has 0 saturated carbocycles. The zero-order valence-electron chi connectivity index (χ0n) is 26.6. The molecule has 218 valence electrons. The van der Waals surface area contributed by atoms with Gasteiger partial charge < -0.3 is 24.4 Å². The average Bonchev–Trinajstić information content (AvgIpc) is 3.07. The van der Waals surface area contributed by atoms with Crippen LogP contribution in [0.2, 0.25) is 0 Å². The number of nitrogens with zero attached hydrogens (tertiary/aromatic N) is 1. The lowest BCUT2D eigenvalue weighted by atomic mass is 9.73. The molecule has 1 saturated heterocycles. The molecule has 8 heteroatoms. The smallest absolute Gasteiger partial charge is 0.445 e. The summed E-state index contributed by atoms with van der Waals surface area (Å²) < 4.78 is 18.4. The van der Waals surface area contributed by atoms with E-state index in [9.17, 15) is 4.79 Å². The third kappa shape index (κ3) is 10.6. The van der Waals surface area contributed by atoms with Crippen LogP contribution < -0.4 is 10.9 Å². The summed E-state index contributed by atoms with van der Waals surface area (Å²) in [6.45, 7) is 23.6. The van der Waals surface area contributed by atoms with Gasteiger partial charge in [0.2, 0.25) is 0 Å². The van der Waals surface area contributed by atoms with Crippen LogP contribution in [-0.4, -0.2) is 56.6 Å². The van der Waals surface area contributed by atoms with Gasteiger partial charge in [0, 0.05) is 20.6 Å². The summed E-state index contributed by atoms with van der Waals surface area (Å²) in [5.74, 6) is 0. The predicted molar refractivity (Wildman–Crippen MR) is 162 cm³/mol. The minimum Gasteiger partial charge on any atom is -0.445 e. The van der Waals surface area contributed by atoms with E-state index in [-0.39, 0.29) is 12.7 Å². The highest BCUT2D eigenvalue weighted by molar-refractivity contribution is 6.56. The Labute approximate surface area is 234 Å². The lowest BCUT2D eigenvalue weighted by molar-refractivity contribution is 0.00578. The van der Waals surface area contributed by atoms with Gasteiger partial charge in [-0.15, -0.1) is 0 Å².